The SMILES string of the molecule is N#Cc1ccc(Cl)cc1OCC(=O)C1CCOC1. The van der Waals surface area contributed by atoms with Crippen molar-refractivity contribution in [2.45, 2.75) is 6.42 Å². The van der Waals surface area contributed by atoms with E-state index < -0.39 is 0 Å². The molecule has 2 rings (SSSR count). The lowest BCUT2D eigenvalue weighted by Crippen LogP contribution is -2.21. The van der Waals surface area contributed by atoms with E-state index in [0.717, 1.165) is 6.42 Å². The van der Waals surface area contributed by atoms with Gasteiger partial charge in [0.05, 0.1) is 12.2 Å². The first-order valence-electron chi connectivity index (χ1n) is 5.63. The third-order valence-corrected chi connectivity index (χ3v) is 3.05. The van der Waals surface area contributed by atoms with Crippen LogP contribution in [0.2, 0.25) is 5.02 Å². The molecule has 18 heavy (non-hydrogen) atoms. The number of ether oxygens (including phenoxy) is 2. The highest BCUT2D eigenvalue weighted by Crippen LogP contribution is 2.23. The van der Waals surface area contributed by atoms with Crippen LogP contribution in [-0.2, 0) is 9.53 Å². The third-order valence-electron chi connectivity index (χ3n) is 2.82. The number of carbonyl (C=O) groups excluding carboxylic acids is 1. The summed E-state index contributed by atoms with van der Waals surface area (Å²) in [4.78, 5) is 11.8. The van der Waals surface area contributed by atoms with E-state index in [4.69, 9.17) is 26.3 Å². The number of benzene rings is 1. The van der Waals surface area contributed by atoms with Crippen molar-refractivity contribution in [3.63, 3.8) is 0 Å². The minimum Gasteiger partial charge on any atom is -0.484 e. The summed E-state index contributed by atoms with van der Waals surface area (Å²) in [6, 6.07) is 6.72. The van der Waals surface area contributed by atoms with Crippen molar-refractivity contribution in [3.8, 4) is 11.8 Å². The number of ketones is 1. The van der Waals surface area contributed by atoms with E-state index in [2.05, 4.69) is 0 Å². The molecule has 0 amide bonds. The Kier molecular flexibility index (Phi) is 4.19. The van der Waals surface area contributed by atoms with Crippen molar-refractivity contribution in [1.29, 1.82) is 5.26 Å². The Balaban J connectivity index is 1.99. The maximum atomic E-state index is 11.8. The highest BCUT2D eigenvalue weighted by Gasteiger charge is 2.23. The van der Waals surface area contributed by atoms with E-state index in [-0.39, 0.29) is 18.3 Å². The standard InChI is InChI=1S/C13H12ClNO3/c14-11-2-1-9(6-15)13(5-11)18-8-12(16)10-3-4-17-7-10/h1-2,5,10H,3-4,7-8H2. The summed E-state index contributed by atoms with van der Waals surface area (Å²) < 4.78 is 10.5. The molecule has 1 saturated heterocycles. The molecule has 5 heteroatoms. The average molecular weight is 266 g/mol. The molecule has 1 aromatic carbocycles. The Morgan fingerprint density at radius 2 is 2.44 bits per heavy atom. The van der Waals surface area contributed by atoms with Gasteiger partial charge in [-0.15, -0.1) is 0 Å². The van der Waals surface area contributed by atoms with Gasteiger partial charge >= 0.3 is 0 Å². The summed E-state index contributed by atoms with van der Waals surface area (Å²) in [6.07, 6.45) is 0.739. The number of rotatable bonds is 4. The van der Waals surface area contributed by atoms with Crippen molar-refractivity contribution in [2.24, 2.45) is 5.92 Å². The minimum atomic E-state index is -0.0882. The number of nitriles is 1. The number of halogens is 1. The Morgan fingerprint density at radius 3 is 3.11 bits per heavy atom. The summed E-state index contributed by atoms with van der Waals surface area (Å²) in [6.45, 7) is 1.03. The fraction of sp³-hybridized carbons (Fsp3) is 0.385. The van der Waals surface area contributed by atoms with Gasteiger partial charge in [0, 0.05) is 23.6 Å². The van der Waals surface area contributed by atoms with Gasteiger partial charge in [-0.1, -0.05) is 11.6 Å². The molecule has 1 unspecified atom stereocenters. The smallest absolute Gasteiger partial charge is 0.175 e. The molecule has 1 aliphatic heterocycles. The van der Waals surface area contributed by atoms with Gasteiger partial charge in [0.15, 0.2) is 5.78 Å². The molecule has 0 bridgehead atoms. The molecular formula is C13H12ClNO3. The van der Waals surface area contributed by atoms with Crippen molar-refractivity contribution in [2.75, 3.05) is 19.8 Å². The number of hydrogen-bond acceptors (Lipinski definition) is 4. The van der Waals surface area contributed by atoms with Crippen molar-refractivity contribution < 1.29 is 14.3 Å². The number of nitrogens with zero attached hydrogens (tertiary/aromatic N) is 1. The zero-order valence-electron chi connectivity index (χ0n) is 9.69. The summed E-state index contributed by atoms with van der Waals surface area (Å²) in [7, 11) is 0. The lowest BCUT2D eigenvalue weighted by molar-refractivity contribution is -0.124. The Morgan fingerprint density at radius 1 is 1.61 bits per heavy atom. The first kappa shape index (κ1) is 12.9. The van der Waals surface area contributed by atoms with Gasteiger partial charge in [0.2, 0.25) is 0 Å². The topological polar surface area (TPSA) is 59.3 Å². The normalized spacial score (nSPS) is 18.3. The van der Waals surface area contributed by atoms with Crippen LogP contribution in [-0.4, -0.2) is 25.6 Å². The van der Waals surface area contributed by atoms with Crippen molar-refractivity contribution >= 4 is 17.4 Å². The van der Waals surface area contributed by atoms with E-state index in [1.54, 1.807) is 18.2 Å². The molecule has 1 atom stereocenters. The van der Waals surface area contributed by atoms with Gasteiger partial charge in [-0.25, -0.2) is 0 Å². The molecule has 1 aromatic rings. The predicted molar refractivity (Wildman–Crippen MR) is 65.6 cm³/mol. The van der Waals surface area contributed by atoms with Crippen LogP contribution < -0.4 is 4.74 Å². The van der Waals surface area contributed by atoms with Crippen LogP contribution in [0.3, 0.4) is 0 Å². The van der Waals surface area contributed by atoms with Gasteiger partial charge in [-0.3, -0.25) is 4.79 Å². The van der Waals surface area contributed by atoms with Gasteiger partial charge in [-0.2, -0.15) is 5.26 Å². The van der Waals surface area contributed by atoms with Crippen LogP contribution in [0.5, 0.6) is 5.75 Å². The van der Waals surface area contributed by atoms with Crippen LogP contribution in [0.25, 0.3) is 0 Å². The molecule has 4 nitrogen and oxygen atoms in total. The van der Waals surface area contributed by atoms with Gasteiger partial charge in [-0.05, 0) is 18.6 Å². The molecule has 0 N–H and O–H groups in total. The largest absolute Gasteiger partial charge is 0.484 e. The summed E-state index contributed by atoms with van der Waals surface area (Å²) in [5, 5.41) is 9.38. The van der Waals surface area contributed by atoms with Gasteiger partial charge in [0.1, 0.15) is 18.4 Å². The molecule has 0 aliphatic carbocycles. The Labute approximate surface area is 110 Å². The molecule has 1 fully saturated rings. The predicted octanol–water partition coefficient (Wildman–Crippen LogP) is 2.20. The zero-order valence-corrected chi connectivity index (χ0v) is 10.4. The molecule has 0 spiro atoms. The quantitative estimate of drug-likeness (QED) is 0.837. The minimum absolute atomic E-state index is 0.00337. The van der Waals surface area contributed by atoms with E-state index in [1.807, 2.05) is 6.07 Å². The number of hydrogen-bond donors (Lipinski definition) is 0. The van der Waals surface area contributed by atoms with Crippen LogP contribution in [0, 0.1) is 17.2 Å². The maximum Gasteiger partial charge on any atom is 0.175 e. The van der Waals surface area contributed by atoms with E-state index in [0.29, 0.717) is 29.5 Å². The highest BCUT2D eigenvalue weighted by atomic mass is 35.5. The summed E-state index contributed by atoms with van der Waals surface area (Å²) >= 11 is 5.82. The van der Waals surface area contributed by atoms with Crippen LogP contribution in [0.15, 0.2) is 18.2 Å². The lowest BCUT2D eigenvalue weighted by Gasteiger charge is -2.10. The second kappa shape index (κ2) is 5.85. The van der Waals surface area contributed by atoms with Crippen molar-refractivity contribution in [1.82, 2.24) is 0 Å². The molecular weight excluding hydrogens is 254 g/mol. The second-order valence-electron chi connectivity index (χ2n) is 4.07. The molecule has 1 heterocycles. The first-order valence-corrected chi connectivity index (χ1v) is 6.01. The Bertz CT molecular complexity index is 489. The fourth-order valence-electron chi connectivity index (χ4n) is 1.76. The first-order chi connectivity index (χ1) is 8.70. The second-order valence-corrected chi connectivity index (χ2v) is 4.50. The van der Waals surface area contributed by atoms with Crippen molar-refractivity contribution in [3.05, 3.63) is 28.8 Å². The fourth-order valence-corrected chi connectivity index (χ4v) is 1.93. The lowest BCUT2D eigenvalue weighted by atomic mass is 10.0. The Hall–Kier alpha value is -1.57. The van der Waals surface area contributed by atoms with Crippen LogP contribution in [0.1, 0.15) is 12.0 Å². The average Bonchev–Trinajstić information content (AvgIpc) is 2.90. The van der Waals surface area contributed by atoms with E-state index >= 15 is 0 Å². The molecule has 1 aliphatic rings. The summed E-state index contributed by atoms with van der Waals surface area (Å²) in [5.41, 5.74) is 0.370. The summed E-state index contributed by atoms with van der Waals surface area (Å²) in [5.74, 6) is 0.253. The number of carbonyl (C=O) groups is 1. The molecule has 94 valence electrons. The van der Waals surface area contributed by atoms with Crippen LogP contribution in [0.4, 0.5) is 0 Å². The van der Waals surface area contributed by atoms with Gasteiger partial charge < -0.3 is 9.47 Å². The third kappa shape index (κ3) is 3.00. The maximum absolute atomic E-state index is 11.8. The monoisotopic (exact) mass is 265 g/mol. The van der Waals surface area contributed by atoms with Crippen LogP contribution >= 0.6 is 11.6 Å². The number of Topliss-reactive ketones (excluding diaryl/α,β-unsaturated/α-hetero) is 1. The van der Waals surface area contributed by atoms with E-state index in [1.165, 1.54) is 0 Å². The van der Waals surface area contributed by atoms with E-state index in [9.17, 15) is 4.79 Å². The molecule has 0 aromatic heterocycles. The zero-order chi connectivity index (χ0) is 13.0. The van der Waals surface area contributed by atoms with Gasteiger partial charge in [0.25, 0.3) is 0 Å². The molecule has 0 radical (unpaired) electrons. The molecule has 0 saturated carbocycles. The highest BCUT2D eigenvalue weighted by molar-refractivity contribution is 6.30.